The molecule has 3 aromatic heterocycles. The Morgan fingerprint density at radius 2 is 2.19 bits per heavy atom. The van der Waals surface area contributed by atoms with E-state index in [1.165, 1.54) is 15.7 Å². The number of pyridine rings is 1. The normalized spacial score (nSPS) is 15.4. The Morgan fingerprint density at radius 1 is 1.37 bits per heavy atom. The zero-order chi connectivity index (χ0) is 18.8. The second-order valence-electron chi connectivity index (χ2n) is 6.69. The average Bonchev–Trinajstić information content (AvgIpc) is 3.12. The van der Waals surface area contributed by atoms with Gasteiger partial charge in [0.05, 0.1) is 23.5 Å². The Labute approximate surface area is 160 Å². The predicted octanol–water partition coefficient (Wildman–Crippen LogP) is 1.67. The van der Waals surface area contributed by atoms with Crippen LogP contribution < -0.4 is 10.9 Å². The molecule has 3 aromatic rings. The van der Waals surface area contributed by atoms with Gasteiger partial charge in [-0.2, -0.15) is 0 Å². The first-order valence-corrected chi connectivity index (χ1v) is 9.95. The maximum Gasteiger partial charge on any atom is 0.266 e. The summed E-state index contributed by atoms with van der Waals surface area (Å²) in [7, 11) is 0. The van der Waals surface area contributed by atoms with Crippen molar-refractivity contribution in [3.05, 3.63) is 45.2 Å². The van der Waals surface area contributed by atoms with Crippen molar-refractivity contribution in [2.45, 2.75) is 13.3 Å². The van der Waals surface area contributed by atoms with Gasteiger partial charge in [-0.25, -0.2) is 4.98 Å². The second kappa shape index (κ2) is 7.75. The van der Waals surface area contributed by atoms with Crippen molar-refractivity contribution >= 4 is 33.1 Å². The molecule has 1 N–H and O–H groups in total. The molecule has 0 aromatic carbocycles. The third-order valence-corrected chi connectivity index (χ3v) is 5.82. The third-order valence-electron chi connectivity index (χ3n) is 4.80. The molecule has 0 bridgehead atoms. The summed E-state index contributed by atoms with van der Waals surface area (Å²) in [5, 5.41) is 3.44. The summed E-state index contributed by atoms with van der Waals surface area (Å²) in [5.74, 6) is -0.148. The summed E-state index contributed by atoms with van der Waals surface area (Å²) in [6.45, 7) is 6.94. The zero-order valence-corrected chi connectivity index (χ0v) is 16.1. The monoisotopic (exact) mass is 386 g/mol. The molecule has 0 spiro atoms. The summed E-state index contributed by atoms with van der Waals surface area (Å²) in [4.78, 5) is 33.2. The van der Waals surface area contributed by atoms with Crippen LogP contribution in [0, 0.1) is 6.92 Å². The average molecular weight is 386 g/mol. The minimum absolute atomic E-state index is 0.138. The van der Waals surface area contributed by atoms with Gasteiger partial charge in [0.1, 0.15) is 10.5 Å². The Balaban J connectivity index is 1.46. The predicted molar refractivity (Wildman–Crippen MR) is 106 cm³/mol. The highest BCUT2D eigenvalue weighted by atomic mass is 32.1. The summed E-state index contributed by atoms with van der Waals surface area (Å²) in [6, 6.07) is 5.40. The number of amides is 1. The minimum atomic E-state index is -0.148. The van der Waals surface area contributed by atoms with Crippen LogP contribution in [0.25, 0.3) is 15.9 Å². The number of nitrogens with one attached hydrogen (secondary N) is 1. The smallest absolute Gasteiger partial charge is 0.266 e. The fourth-order valence-corrected chi connectivity index (χ4v) is 4.22. The first kappa shape index (κ1) is 18.1. The number of hydrogen-bond donors (Lipinski definition) is 1. The number of nitrogens with zero attached hydrogens (tertiary/aromatic N) is 3. The van der Waals surface area contributed by atoms with E-state index >= 15 is 0 Å². The van der Waals surface area contributed by atoms with Crippen LogP contribution >= 0.6 is 11.3 Å². The number of aryl methyl sites for hydroxylation is 1. The third kappa shape index (κ3) is 3.73. The highest BCUT2D eigenvalue weighted by molar-refractivity contribution is 7.20. The van der Waals surface area contributed by atoms with Crippen LogP contribution in [0.4, 0.5) is 0 Å². The first-order chi connectivity index (χ1) is 13.1. The van der Waals surface area contributed by atoms with Crippen molar-refractivity contribution in [3.63, 3.8) is 0 Å². The zero-order valence-electron chi connectivity index (χ0n) is 15.2. The fourth-order valence-electron chi connectivity index (χ4n) is 3.29. The number of carbonyl (C=O) groups is 1. The number of hydrogen-bond acceptors (Lipinski definition) is 6. The van der Waals surface area contributed by atoms with Crippen LogP contribution in [-0.4, -0.2) is 59.6 Å². The Hall–Kier alpha value is -2.29. The lowest BCUT2D eigenvalue weighted by molar-refractivity contribution is 0.0374. The van der Waals surface area contributed by atoms with Crippen molar-refractivity contribution in [1.82, 2.24) is 19.6 Å². The van der Waals surface area contributed by atoms with E-state index in [1.54, 1.807) is 12.3 Å². The highest BCUT2D eigenvalue weighted by Gasteiger charge is 2.15. The topological polar surface area (TPSA) is 75.9 Å². The van der Waals surface area contributed by atoms with Crippen molar-refractivity contribution in [2.24, 2.45) is 0 Å². The molecular formula is C19H22N4O3S. The number of carbonyl (C=O) groups excluding carboxylic acids is 1. The molecule has 1 saturated heterocycles. The van der Waals surface area contributed by atoms with Crippen molar-refractivity contribution < 1.29 is 9.53 Å². The van der Waals surface area contributed by atoms with E-state index in [2.05, 4.69) is 15.2 Å². The van der Waals surface area contributed by atoms with Crippen LogP contribution in [-0.2, 0) is 4.74 Å². The molecule has 4 rings (SSSR count). The number of morpholine rings is 1. The van der Waals surface area contributed by atoms with Gasteiger partial charge in [-0.1, -0.05) is 6.07 Å². The summed E-state index contributed by atoms with van der Waals surface area (Å²) in [6.07, 6.45) is 2.60. The molecule has 142 valence electrons. The van der Waals surface area contributed by atoms with Gasteiger partial charge in [0.25, 0.3) is 11.5 Å². The summed E-state index contributed by atoms with van der Waals surface area (Å²) < 4.78 is 6.87. The van der Waals surface area contributed by atoms with Crippen LogP contribution in [0.1, 0.15) is 21.7 Å². The van der Waals surface area contributed by atoms with Crippen LogP contribution in [0.15, 0.2) is 29.2 Å². The molecule has 0 saturated carbocycles. The SMILES string of the molecule is Cc1cccn2c(=O)c3cc(C(=O)NCCCN4CCOCC4)sc3nc12. The lowest BCUT2D eigenvalue weighted by atomic mass is 10.3. The number of thiophene rings is 1. The molecule has 27 heavy (non-hydrogen) atoms. The maximum absolute atomic E-state index is 12.7. The number of fused-ring (bicyclic) bond motifs is 2. The van der Waals surface area contributed by atoms with Crippen LogP contribution in [0.2, 0.25) is 0 Å². The first-order valence-electron chi connectivity index (χ1n) is 9.13. The fraction of sp³-hybridized carbons (Fsp3) is 0.421. The standard InChI is InChI=1S/C19H22N4O3S/c1-13-4-2-7-23-16(13)21-18-14(19(23)25)12-15(27-18)17(24)20-5-3-6-22-8-10-26-11-9-22/h2,4,7,12H,3,5-6,8-11H2,1H3,(H,20,24). The van der Waals surface area contributed by atoms with Gasteiger partial charge in [0, 0.05) is 25.8 Å². The van der Waals surface area contributed by atoms with E-state index < -0.39 is 0 Å². The number of aromatic nitrogens is 2. The Morgan fingerprint density at radius 3 is 3.00 bits per heavy atom. The van der Waals surface area contributed by atoms with Gasteiger partial charge in [-0.15, -0.1) is 11.3 Å². The molecule has 0 radical (unpaired) electrons. The molecule has 4 heterocycles. The number of ether oxygens (including phenoxy) is 1. The molecule has 1 aliphatic heterocycles. The van der Waals surface area contributed by atoms with Gasteiger partial charge >= 0.3 is 0 Å². The maximum atomic E-state index is 12.7. The van der Waals surface area contributed by atoms with E-state index in [4.69, 9.17) is 4.74 Å². The van der Waals surface area contributed by atoms with Crippen LogP contribution in [0.3, 0.4) is 0 Å². The highest BCUT2D eigenvalue weighted by Crippen LogP contribution is 2.22. The van der Waals surface area contributed by atoms with E-state index in [1.807, 2.05) is 19.1 Å². The van der Waals surface area contributed by atoms with E-state index in [9.17, 15) is 9.59 Å². The van der Waals surface area contributed by atoms with E-state index in [0.29, 0.717) is 27.3 Å². The Bertz CT molecular complexity index is 1040. The van der Waals surface area contributed by atoms with Gasteiger partial charge in [0.2, 0.25) is 0 Å². The molecule has 1 fully saturated rings. The second-order valence-corrected chi connectivity index (χ2v) is 7.73. The molecule has 0 atom stereocenters. The Kier molecular flexibility index (Phi) is 5.20. The molecule has 0 unspecified atom stereocenters. The summed E-state index contributed by atoms with van der Waals surface area (Å²) >= 11 is 1.27. The molecule has 1 aliphatic rings. The van der Waals surface area contributed by atoms with Crippen molar-refractivity contribution in [1.29, 1.82) is 0 Å². The molecule has 7 nitrogen and oxygen atoms in total. The quantitative estimate of drug-likeness (QED) is 0.675. The van der Waals surface area contributed by atoms with Crippen molar-refractivity contribution in [3.8, 4) is 0 Å². The lowest BCUT2D eigenvalue weighted by Gasteiger charge is -2.26. The molecule has 8 heteroatoms. The van der Waals surface area contributed by atoms with Gasteiger partial charge in [-0.3, -0.25) is 18.9 Å². The largest absolute Gasteiger partial charge is 0.379 e. The molecule has 0 aliphatic carbocycles. The van der Waals surface area contributed by atoms with E-state index in [0.717, 1.165) is 44.8 Å². The van der Waals surface area contributed by atoms with Gasteiger partial charge in [0.15, 0.2) is 0 Å². The number of rotatable bonds is 5. The van der Waals surface area contributed by atoms with Gasteiger partial charge in [-0.05, 0) is 37.6 Å². The molecular weight excluding hydrogens is 364 g/mol. The van der Waals surface area contributed by atoms with Gasteiger partial charge < -0.3 is 10.1 Å². The summed E-state index contributed by atoms with van der Waals surface area (Å²) in [5.41, 5.74) is 1.43. The molecule has 1 amide bonds. The lowest BCUT2D eigenvalue weighted by Crippen LogP contribution is -2.38. The van der Waals surface area contributed by atoms with Crippen molar-refractivity contribution in [2.75, 3.05) is 39.4 Å². The van der Waals surface area contributed by atoms with Crippen LogP contribution in [0.5, 0.6) is 0 Å². The minimum Gasteiger partial charge on any atom is -0.379 e. The van der Waals surface area contributed by atoms with E-state index in [-0.39, 0.29) is 11.5 Å².